The summed E-state index contributed by atoms with van der Waals surface area (Å²) < 4.78 is 5.82. The normalized spacial score (nSPS) is 42.5. The highest BCUT2D eigenvalue weighted by atomic mass is 16.5. The lowest BCUT2D eigenvalue weighted by molar-refractivity contribution is -0.154. The summed E-state index contributed by atoms with van der Waals surface area (Å²) in [5.74, 6) is 3.02. The molecule has 0 aromatic heterocycles. The minimum Gasteiger partial charge on any atom is -0.449 e. The van der Waals surface area contributed by atoms with Crippen LogP contribution in [-0.2, 0) is 16.0 Å². The Morgan fingerprint density at radius 1 is 1.03 bits per heavy atom. The third kappa shape index (κ3) is 3.93. The smallest absolute Gasteiger partial charge is 0.411 e. The zero-order valence-corrected chi connectivity index (χ0v) is 22.1. The molecule has 5 heteroatoms. The predicted octanol–water partition coefficient (Wildman–Crippen LogP) is 6.35. The summed E-state index contributed by atoms with van der Waals surface area (Å²) in [7, 11) is 0. The Bertz CT molecular complexity index is 990. The second-order valence-electron chi connectivity index (χ2n) is 12.8. The van der Waals surface area contributed by atoms with Gasteiger partial charge in [-0.2, -0.15) is 0 Å². The van der Waals surface area contributed by atoms with Crippen molar-refractivity contribution in [3.05, 3.63) is 29.8 Å². The molecule has 4 saturated carbocycles. The quantitative estimate of drug-likeness (QED) is 0.526. The number of rotatable bonds is 4. The number of amides is 1. The fourth-order valence-electron chi connectivity index (χ4n) is 9.30. The van der Waals surface area contributed by atoms with Crippen LogP contribution in [0.1, 0.15) is 84.6 Å². The second kappa shape index (κ2) is 8.90. The van der Waals surface area contributed by atoms with Crippen LogP contribution in [-0.4, -0.2) is 24.0 Å². The standard InChI is InChI=1S/C30H44N2O3/c1-5-19-8-6-7-9-24(19)32-27(34)35-18-20-10-12-22-21-11-13-25-29(3,17-15-26(33)30(25,4)31)23(21)14-16-28(20,22)2/h6-9,20-23,25H,5,10-18,31H2,1-4H3,(H,32,34)/t20?,21-,22-,23+,25?,28+,29+,30?/m0/s1. The van der Waals surface area contributed by atoms with Crippen molar-refractivity contribution in [3.8, 4) is 0 Å². The van der Waals surface area contributed by atoms with Crippen LogP contribution in [0.4, 0.5) is 10.5 Å². The molecule has 1 aromatic rings. The van der Waals surface area contributed by atoms with E-state index in [2.05, 4.69) is 26.1 Å². The minimum atomic E-state index is -0.672. The fourth-order valence-corrected chi connectivity index (χ4v) is 9.30. The highest BCUT2D eigenvalue weighted by Crippen LogP contribution is 2.67. The topological polar surface area (TPSA) is 81.4 Å². The second-order valence-corrected chi connectivity index (χ2v) is 12.8. The maximum Gasteiger partial charge on any atom is 0.411 e. The van der Waals surface area contributed by atoms with Gasteiger partial charge in [-0.25, -0.2) is 4.79 Å². The van der Waals surface area contributed by atoms with Crippen LogP contribution in [0.2, 0.25) is 0 Å². The van der Waals surface area contributed by atoms with E-state index in [0.717, 1.165) is 36.9 Å². The maximum atomic E-state index is 12.7. The summed E-state index contributed by atoms with van der Waals surface area (Å²) in [4.78, 5) is 25.3. The number of ether oxygens (including phenoxy) is 1. The molecule has 1 amide bonds. The van der Waals surface area contributed by atoms with Gasteiger partial charge >= 0.3 is 6.09 Å². The van der Waals surface area contributed by atoms with E-state index in [0.29, 0.717) is 42.6 Å². The molecule has 4 aliphatic carbocycles. The number of hydrogen-bond acceptors (Lipinski definition) is 4. The number of aryl methyl sites for hydroxylation is 1. The van der Waals surface area contributed by atoms with Gasteiger partial charge in [-0.15, -0.1) is 0 Å². The number of carbonyl (C=O) groups excluding carboxylic acids is 2. The number of nitrogens with one attached hydrogen (secondary N) is 1. The third-order valence-corrected chi connectivity index (χ3v) is 11.3. The van der Waals surface area contributed by atoms with Crippen LogP contribution in [0.15, 0.2) is 24.3 Å². The lowest BCUT2D eigenvalue weighted by Gasteiger charge is -2.63. The summed E-state index contributed by atoms with van der Waals surface area (Å²) >= 11 is 0. The van der Waals surface area contributed by atoms with Gasteiger partial charge in [0.05, 0.1) is 12.1 Å². The first-order chi connectivity index (χ1) is 16.6. The van der Waals surface area contributed by atoms with Gasteiger partial charge in [0.25, 0.3) is 0 Å². The summed E-state index contributed by atoms with van der Waals surface area (Å²) in [6.07, 6.45) is 9.19. The molecule has 5 rings (SSSR count). The Kier molecular flexibility index (Phi) is 6.31. The molecule has 8 atom stereocenters. The molecular weight excluding hydrogens is 436 g/mol. The SMILES string of the molecule is CCc1ccccc1NC(=O)OCC1CC[C@H]2[C@@H]3CCC4C(C)(N)C(=O)CC[C@]4(C)[C@@H]3CC[C@]12C. The van der Waals surface area contributed by atoms with Crippen molar-refractivity contribution in [1.82, 2.24) is 0 Å². The molecule has 1 aromatic carbocycles. The van der Waals surface area contributed by atoms with Gasteiger partial charge in [-0.05, 0) is 110 Å². The zero-order valence-electron chi connectivity index (χ0n) is 22.1. The van der Waals surface area contributed by atoms with E-state index in [9.17, 15) is 9.59 Å². The van der Waals surface area contributed by atoms with Crippen LogP contribution < -0.4 is 11.1 Å². The molecule has 4 fully saturated rings. The predicted molar refractivity (Wildman–Crippen MR) is 139 cm³/mol. The Balaban J connectivity index is 1.25. The summed E-state index contributed by atoms with van der Waals surface area (Å²) in [6.45, 7) is 9.50. The maximum absolute atomic E-state index is 12.7. The van der Waals surface area contributed by atoms with Gasteiger partial charge < -0.3 is 10.5 Å². The fraction of sp³-hybridized carbons (Fsp3) is 0.733. The Morgan fingerprint density at radius 2 is 1.77 bits per heavy atom. The number of benzene rings is 1. The lowest BCUT2D eigenvalue weighted by Crippen LogP contribution is -2.65. The van der Waals surface area contributed by atoms with Crippen molar-refractivity contribution in [3.63, 3.8) is 0 Å². The Hall–Kier alpha value is -1.88. The van der Waals surface area contributed by atoms with Crippen molar-refractivity contribution in [2.24, 2.45) is 46.2 Å². The molecule has 0 saturated heterocycles. The average Bonchev–Trinajstić information content (AvgIpc) is 3.17. The number of carbonyl (C=O) groups is 2. The van der Waals surface area contributed by atoms with Crippen molar-refractivity contribution >= 4 is 17.6 Å². The van der Waals surface area contributed by atoms with Gasteiger partial charge in [0.1, 0.15) is 0 Å². The first-order valence-electron chi connectivity index (χ1n) is 13.9. The van der Waals surface area contributed by atoms with E-state index in [1.165, 1.54) is 25.7 Å². The molecule has 0 heterocycles. The molecule has 0 aliphatic heterocycles. The molecule has 3 unspecified atom stereocenters. The molecule has 3 N–H and O–H groups in total. The van der Waals surface area contributed by atoms with Crippen LogP contribution in [0.3, 0.4) is 0 Å². The number of para-hydroxylation sites is 1. The zero-order chi connectivity index (χ0) is 25.0. The van der Waals surface area contributed by atoms with E-state index in [1.54, 1.807) is 0 Å². The summed E-state index contributed by atoms with van der Waals surface area (Å²) in [5, 5.41) is 2.96. The van der Waals surface area contributed by atoms with E-state index in [4.69, 9.17) is 10.5 Å². The first-order valence-corrected chi connectivity index (χ1v) is 13.9. The number of ketones is 1. The largest absolute Gasteiger partial charge is 0.449 e. The monoisotopic (exact) mass is 480 g/mol. The molecule has 4 aliphatic rings. The van der Waals surface area contributed by atoms with Gasteiger partial charge in [0, 0.05) is 12.1 Å². The molecule has 0 bridgehead atoms. The van der Waals surface area contributed by atoms with Crippen LogP contribution in [0.5, 0.6) is 0 Å². The van der Waals surface area contributed by atoms with Crippen molar-refractivity contribution in [2.45, 2.75) is 91.0 Å². The molecule has 5 nitrogen and oxygen atoms in total. The van der Waals surface area contributed by atoms with E-state index in [1.807, 2.05) is 31.2 Å². The van der Waals surface area contributed by atoms with Gasteiger partial charge in [0.2, 0.25) is 0 Å². The average molecular weight is 481 g/mol. The number of Topliss-reactive ketones (excluding diaryl/α,β-unsaturated/α-hetero) is 1. The molecule has 192 valence electrons. The lowest BCUT2D eigenvalue weighted by atomic mass is 9.42. The van der Waals surface area contributed by atoms with Gasteiger partial charge in [0.15, 0.2) is 5.78 Å². The van der Waals surface area contributed by atoms with E-state index in [-0.39, 0.29) is 22.7 Å². The molecular formula is C30H44N2O3. The van der Waals surface area contributed by atoms with Crippen LogP contribution in [0, 0.1) is 40.4 Å². The Labute approximate surface area is 210 Å². The first kappa shape index (κ1) is 24.8. The van der Waals surface area contributed by atoms with Crippen molar-refractivity contribution in [1.29, 1.82) is 0 Å². The van der Waals surface area contributed by atoms with Gasteiger partial charge in [-0.3, -0.25) is 10.1 Å². The molecule has 0 radical (unpaired) electrons. The number of nitrogens with two attached hydrogens (primary N) is 1. The van der Waals surface area contributed by atoms with Crippen molar-refractivity contribution < 1.29 is 14.3 Å². The molecule has 35 heavy (non-hydrogen) atoms. The minimum absolute atomic E-state index is 0.169. The highest BCUT2D eigenvalue weighted by molar-refractivity contribution is 5.89. The summed E-state index contributed by atoms with van der Waals surface area (Å²) in [6, 6.07) is 7.93. The highest BCUT2D eigenvalue weighted by Gasteiger charge is 2.63. The third-order valence-electron chi connectivity index (χ3n) is 11.3. The van der Waals surface area contributed by atoms with Gasteiger partial charge in [-0.1, -0.05) is 39.0 Å². The van der Waals surface area contributed by atoms with Crippen LogP contribution >= 0.6 is 0 Å². The van der Waals surface area contributed by atoms with Crippen LogP contribution in [0.25, 0.3) is 0 Å². The number of anilines is 1. The Morgan fingerprint density at radius 3 is 2.54 bits per heavy atom. The molecule has 0 spiro atoms. The van der Waals surface area contributed by atoms with Crippen molar-refractivity contribution in [2.75, 3.05) is 11.9 Å². The number of fused-ring (bicyclic) bond motifs is 5. The summed E-state index contributed by atoms with van der Waals surface area (Å²) in [5.41, 5.74) is 8.37. The van der Waals surface area contributed by atoms with E-state index < -0.39 is 5.54 Å². The number of hydrogen-bond donors (Lipinski definition) is 2. The van der Waals surface area contributed by atoms with E-state index >= 15 is 0 Å².